The smallest absolute Gasteiger partial charge is 0.263 e. The summed E-state index contributed by atoms with van der Waals surface area (Å²) in [6.07, 6.45) is 1.61. The molecule has 0 amide bonds. The minimum Gasteiger partial charge on any atom is -0.459 e. The average molecular weight is 304 g/mol. The molecule has 0 atom stereocenters. The molecule has 4 nitrogen and oxygen atoms in total. The number of fused-ring (bicyclic) bond motifs is 1. The second-order valence-electron chi connectivity index (χ2n) is 5.52. The first-order valence-electron chi connectivity index (χ1n) is 7.52. The van der Waals surface area contributed by atoms with Gasteiger partial charge >= 0.3 is 0 Å². The number of hydrogen-bond acceptors (Lipinski definition) is 4. The molecule has 0 fully saturated rings. The van der Waals surface area contributed by atoms with Crippen molar-refractivity contribution in [1.29, 1.82) is 0 Å². The normalized spacial score (nSPS) is 11.0. The number of aryl methyl sites for hydroxylation is 1. The van der Waals surface area contributed by atoms with E-state index in [4.69, 9.17) is 8.83 Å². The Kier molecular flexibility index (Phi) is 3.35. The van der Waals surface area contributed by atoms with E-state index in [0.717, 1.165) is 23.3 Å². The first-order valence-corrected chi connectivity index (χ1v) is 7.52. The summed E-state index contributed by atoms with van der Waals surface area (Å²) in [7, 11) is 0. The lowest BCUT2D eigenvalue weighted by Gasteiger charge is -2.06. The first kappa shape index (κ1) is 13.6. The number of hydrogen-bond donors (Lipinski definition) is 1. The Labute approximate surface area is 133 Å². The molecule has 0 aliphatic heterocycles. The van der Waals surface area contributed by atoms with E-state index >= 15 is 0 Å². The fraction of sp³-hybridized carbons (Fsp3) is 0.105. The van der Waals surface area contributed by atoms with Gasteiger partial charge in [-0.2, -0.15) is 0 Å². The molecule has 0 aliphatic rings. The molecule has 0 saturated heterocycles. The van der Waals surface area contributed by atoms with Crippen molar-refractivity contribution >= 4 is 16.8 Å². The number of aromatic nitrogens is 1. The standard InChI is InChI=1S/C19H16N2O2/c1-13-4-2-5-14(10-13)12-20-15-7-8-17-16(11-15)21-19(23-17)18-6-3-9-22-18/h2-11,20H,12H2,1H3. The Morgan fingerprint density at radius 1 is 1.04 bits per heavy atom. The molecule has 4 aromatic rings. The zero-order valence-corrected chi connectivity index (χ0v) is 12.7. The van der Waals surface area contributed by atoms with Gasteiger partial charge in [0.2, 0.25) is 0 Å². The maximum absolute atomic E-state index is 5.71. The van der Waals surface area contributed by atoms with Crippen molar-refractivity contribution in [1.82, 2.24) is 4.98 Å². The molecule has 4 heteroatoms. The lowest BCUT2D eigenvalue weighted by Crippen LogP contribution is -1.99. The van der Waals surface area contributed by atoms with Crippen LogP contribution in [0, 0.1) is 6.92 Å². The molecule has 2 heterocycles. The Bertz CT molecular complexity index is 939. The van der Waals surface area contributed by atoms with Crippen LogP contribution in [0.25, 0.3) is 22.8 Å². The molecule has 0 saturated carbocycles. The van der Waals surface area contributed by atoms with Crippen molar-refractivity contribution in [2.45, 2.75) is 13.5 Å². The highest BCUT2D eigenvalue weighted by Crippen LogP contribution is 2.26. The third kappa shape index (κ3) is 2.83. The van der Waals surface area contributed by atoms with Gasteiger partial charge in [0.25, 0.3) is 5.89 Å². The molecule has 114 valence electrons. The van der Waals surface area contributed by atoms with Gasteiger partial charge in [0.15, 0.2) is 11.3 Å². The van der Waals surface area contributed by atoms with E-state index in [1.54, 1.807) is 6.26 Å². The minimum absolute atomic E-state index is 0.501. The van der Waals surface area contributed by atoms with Crippen LogP contribution in [-0.4, -0.2) is 4.98 Å². The molecule has 2 aromatic carbocycles. The van der Waals surface area contributed by atoms with Crippen LogP contribution in [0.1, 0.15) is 11.1 Å². The molecule has 4 rings (SSSR count). The fourth-order valence-electron chi connectivity index (χ4n) is 2.57. The van der Waals surface area contributed by atoms with E-state index in [2.05, 4.69) is 41.5 Å². The van der Waals surface area contributed by atoms with Crippen LogP contribution in [0.4, 0.5) is 5.69 Å². The second kappa shape index (κ2) is 5.65. The van der Waals surface area contributed by atoms with E-state index in [0.29, 0.717) is 11.7 Å². The summed E-state index contributed by atoms with van der Waals surface area (Å²) < 4.78 is 11.0. The highest BCUT2D eigenvalue weighted by Gasteiger charge is 2.10. The molecule has 2 aromatic heterocycles. The molecule has 0 bridgehead atoms. The molecule has 0 unspecified atom stereocenters. The molecule has 1 N–H and O–H groups in total. The third-order valence-electron chi connectivity index (χ3n) is 3.70. The van der Waals surface area contributed by atoms with Crippen LogP contribution in [0.15, 0.2) is 69.7 Å². The van der Waals surface area contributed by atoms with Crippen LogP contribution < -0.4 is 5.32 Å². The van der Waals surface area contributed by atoms with Crippen molar-refractivity contribution in [2.24, 2.45) is 0 Å². The quantitative estimate of drug-likeness (QED) is 0.576. The average Bonchev–Trinajstić information content (AvgIpc) is 3.21. The van der Waals surface area contributed by atoms with Crippen molar-refractivity contribution < 1.29 is 8.83 Å². The summed E-state index contributed by atoms with van der Waals surface area (Å²) in [5, 5.41) is 3.42. The zero-order valence-electron chi connectivity index (χ0n) is 12.7. The Hall–Kier alpha value is -3.01. The highest BCUT2D eigenvalue weighted by atomic mass is 16.4. The number of anilines is 1. The highest BCUT2D eigenvalue weighted by molar-refractivity contribution is 5.79. The predicted molar refractivity (Wildman–Crippen MR) is 90.2 cm³/mol. The summed E-state index contributed by atoms with van der Waals surface area (Å²) in [4.78, 5) is 4.48. The Balaban J connectivity index is 1.56. The molecular weight excluding hydrogens is 288 g/mol. The van der Waals surface area contributed by atoms with E-state index in [-0.39, 0.29) is 0 Å². The van der Waals surface area contributed by atoms with Crippen LogP contribution in [0.5, 0.6) is 0 Å². The maximum Gasteiger partial charge on any atom is 0.263 e. The molecule has 0 aliphatic carbocycles. The molecule has 23 heavy (non-hydrogen) atoms. The van der Waals surface area contributed by atoms with Crippen LogP contribution in [0.3, 0.4) is 0 Å². The number of nitrogens with zero attached hydrogens (tertiary/aromatic N) is 1. The van der Waals surface area contributed by atoms with E-state index in [1.807, 2.05) is 30.3 Å². The summed E-state index contributed by atoms with van der Waals surface area (Å²) in [5.74, 6) is 1.14. The van der Waals surface area contributed by atoms with Crippen molar-refractivity contribution in [3.05, 3.63) is 72.0 Å². The fourth-order valence-corrected chi connectivity index (χ4v) is 2.57. The number of furan rings is 1. The van der Waals surface area contributed by atoms with Crippen molar-refractivity contribution in [2.75, 3.05) is 5.32 Å². The van der Waals surface area contributed by atoms with Gasteiger partial charge in [-0.1, -0.05) is 29.8 Å². The maximum atomic E-state index is 5.71. The largest absolute Gasteiger partial charge is 0.459 e. The minimum atomic E-state index is 0.501. The van der Waals surface area contributed by atoms with Gasteiger partial charge in [-0.15, -0.1) is 0 Å². The lowest BCUT2D eigenvalue weighted by atomic mass is 10.1. The number of rotatable bonds is 4. The molecular formula is C19H16N2O2. The summed E-state index contributed by atoms with van der Waals surface area (Å²) in [5.41, 5.74) is 5.09. The lowest BCUT2D eigenvalue weighted by molar-refractivity contribution is 0.535. The predicted octanol–water partition coefficient (Wildman–Crippen LogP) is 5.01. The first-order chi connectivity index (χ1) is 11.3. The van der Waals surface area contributed by atoms with Gasteiger partial charge in [-0.3, -0.25) is 0 Å². The number of benzene rings is 2. The summed E-state index contributed by atoms with van der Waals surface area (Å²) >= 11 is 0. The van der Waals surface area contributed by atoms with E-state index in [1.165, 1.54) is 11.1 Å². The van der Waals surface area contributed by atoms with E-state index in [9.17, 15) is 0 Å². The number of oxazole rings is 1. The van der Waals surface area contributed by atoms with Gasteiger partial charge in [0.1, 0.15) is 5.52 Å². The van der Waals surface area contributed by atoms with Crippen LogP contribution in [0.2, 0.25) is 0 Å². The van der Waals surface area contributed by atoms with Crippen LogP contribution in [-0.2, 0) is 6.54 Å². The molecule has 0 spiro atoms. The Morgan fingerprint density at radius 3 is 2.83 bits per heavy atom. The van der Waals surface area contributed by atoms with Gasteiger partial charge in [-0.25, -0.2) is 4.98 Å². The third-order valence-corrected chi connectivity index (χ3v) is 3.70. The van der Waals surface area contributed by atoms with Gasteiger partial charge in [-0.05, 0) is 42.8 Å². The SMILES string of the molecule is Cc1cccc(CNc2ccc3oc(-c4ccco4)nc3c2)c1. The van der Waals surface area contributed by atoms with E-state index < -0.39 is 0 Å². The number of nitrogens with one attached hydrogen (secondary N) is 1. The zero-order chi connectivity index (χ0) is 15.6. The monoisotopic (exact) mass is 304 g/mol. The van der Waals surface area contributed by atoms with Crippen molar-refractivity contribution in [3.8, 4) is 11.7 Å². The Morgan fingerprint density at radius 2 is 2.00 bits per heavy atom. The van der Waals surface area contributed by atoms with Gasteiger partial charge < -0.3 is 14.2 Å². The summed E-state index contributed by atoms with van der Waals surface area (Å²) in [6.45, 7) is 2.87. The van der Waals surface area contributed by atoms with Gasteiger partial charge in [0.05, 0.1) is 6.26 Å². The summed E-state index contributed by atoms with van der Waals surface area (Å²) in [6, 6.07) is 18.0. The van der Waals surface area contributed by atoms with Crippen LogP contribution >= 0.6 is 0 Å². The topological polar surface area (TPSA) is 51.2 Å². The van der Waals surface area contributed by atoms with Gasteiger partial charge in [0, 0.05) is 12.2 Å². The molecule has 0 radical (unpaired) electrons. The van der Waals surface area contributed by atoms with Crippen molar-refractivity contribution in [3.63, 3.8) is 0 Å². The second-order valence-corrected chi connectivity index (χ2v) is 5.52.